The fourth-order valence-electron chi connectivity index (χ4n) is 1.34. The van der Waals surface area contributed by atoms with Crippen LogP contribution in [-0.4, -0.2) is 18.9 Å². The number of hydrogen-bond donors (Lipinski definition) is 1. The average molecular weight is 178 g/mol. The maximum Gasteiger partial charge on any atom is 0.134 e. The highest BCUT2D eigenvalue weighted by Gasteiger charge is 2.23. The van der Waals surface area contributed by atoms with Gasteiger partial charge in [0.1, 0.15) is 5.78 Å². The van der Waals surface area contributed by atoms with Gasteiger partial charge in [0.05, 0.1) is 0 Å². The smallest absolute Gasteiger partial charge is 0.134 e. The summed E-state index contributed by atoms with van der Waals surface area (Å²) in [7, 11) is 0. The molecule has 0 aliphatic carbocycles. The zero-order chi connectivity index (χ0) is 7.61. The fraction of sp³-hybridized carbons (Fsp3) is 0.875. The summed E-state index contributed by atoms with van der Waals surface area (Å²) in [4.78, 5) is 11.1. The molecule has 0 radical (unpaired) electrons. The summed E-state index contributed by atoms with van der Waals surface area (Å²) in [6, 6.07) is 0. The van der Waals surface area contributed by atoms with E-state index in [4.69, 9.17) is 0 Å². The van der Waals surface area contributed by atoms with Crippen molar-refractivity contribution in [2.24, 2.45) is 5.41 Å². The van der Waals surface area contributed by atoms with Crippen LogP contribution in [0.2, 0.25) is 0 Å². The molecular weight excluding hydrogens is 162 g/mol. The van der Waals surface area contributed by atoms with E-state index >= 15 is 0 Å². The van der Waals surface area contributed by atoms with Crippen LogP contribution in [0.3, 0.4) is 0 Å². The molecule has 0 bridgehead atoms. The summed E-state index contributed by atoms with van der Waals surface area (Å²) >= 11 is 0. The van der Waals surface area contributed by atoms with E-state index in [2.05, 4.69) is 19.2 Å². The van der Waals surface area contributed by atoms with Crippen LogP contribution < -0.4 is 5.32 Å². The Morgan fingerprint density at radius 2 is 2.09 bits per heavy atom. The Kier molecular flexibility index (Phi) is 4.04. The summed E-state index contributed by atoms with van der Waals surface area (Å²) in [6.07, 6.45) is 1.45. The van der Waals surface area contributed by atoms with Crippen LogP contribution in [0, 0.1) is 5.41 Å². The van der Waals surface area contributed by atoms with Crippen molar-refractivity contribution >= 4 is 18.2 Å². The predicted molar refractivity (Wildman–Crippen MR) is 48.1 cm³/mol. The number of Topliss-reactive ketones (excluding diaryl/α,β-unsaturated/α-hetero) is 1. The van der Waals surface area contributed by atoms with Crippen LogP contribution in [-0.2, 0) is 4.79 Å². The molecule has 2 nitrogen and oxygen atoms in total. The molecule has 1 N–H and O–H groups in total. The Morgan fingerprint density at radius 3 is 2.73 bits per heavy atom. The van der Waals surface area contributed by atoms with E-state index in [0.717, 1.165) is 19.5 Å². The van der Waals surface area contributed by atoms with E-state index in [0.29, 0.717) is 12.2 Å². The molecule has 0 spiro atoms. The molecule has 1 aliphatic heterocycles. The van der Waals surface area contributed by atoms with Gasteiger partial charge in [0.25, 0.3) is 0 Å². The molecule has 1 heterocycles. The van der Waals surface area contributed by atoms with Crippen LogP contribution >= 0.6 is 12.4 Å². The van der Waals surface area contributed by atoms with Crippen molar-refractivity contribution in [3.05, 3.63) is 0 Å². The number of hydrogen-bond acceptors (Lipinski definition) is 2. The molecule has 0 atom stereocenters. The van der Waals surface area contributed by atoms with Gasteiger partial charge in [0.15, 0.2) is 0 Å². The van der Waals surface area contributed by atoms with E-state index in [1.54, 1.807) is 0 Å². The number of halogens is 1. The first kappa shape index (κ1) is 10.9. The summed E-state index contributed by atoms with van der Waals surface area (Å²) < 4.78 is 0. The molecule has 1 rings (SSSR count). The average Bonchev–Trinajstić information content (AvgIpc) is 1.90. The molecule has 0 aromatic carbocycles. The van der Waals surface area contributed by atoms with Gasteiger partial charge in [-0.25, -0.2) is 0 Å². The molecule has 0 aromatic heterocycles. The summed E-state index contributed by atoms with van der Waals surface area (Å²) in [5.41, 5.74) is 0.174. The van der Waals surface area contributed by atoms with Crippen LogP contribution in [0.15, 0.2) is 0 Å². The lowest BCUT2D eigenvalue weighted by atomic mass is 9.88. The lowest BCUT2D eigenvalue weighted by Crippen LogP contribution is -2.27. The summed E-state index contributed by atoms with van der Waals surface area (Å²) in [5.74, 6) is 0.398. The van der Waals surface area contributed by atoms with E-state index in [1.807, 2.05) is 0 Å². The Balaban J connectivity index is 0.000001000. The van der Waals surface area contributed by atoms with Crippen molar-refractivity contribution in [2.75, 3.05) is 13.1 Å². The second-order valence-electron chi connectivity index (χ2n) is 3.81. The topological polar surface area (TPSA) is 29.1 Å². The molecule has 0 unspecified atom stereocenters. The van der Waals surface area contributed by atoms with Crippen LogP contribution in [0.25, 0.3) is 0 Å². The van der Waals surface area contributed by atoms with Crippen molar-refractivity contribution in [3.8, 4) is 0 Å². The van der Waals surface area contributed by atoms with Crippen molar-refractivity contribution in [2.45, 2.75) is 26.7 Å². The van der Waals surface area contributed by atoms with E-state index < -0.39 is 0 Å². The zero-order valence-electron chi connectivity index (χ0n) is 7.14. The van der Waals surface area contributed by atoms with Gasteiger partial charge in [0, 0.05) is 25.9 Å². The van der Waals surface area contributed by atoms with Gasteiger partial charge in [0.2, 0.25) is 0 Å². The molecule has 11 heavy (non-hydrogen) atoms. The van der Waals surface area contributed by atoms with Gasteiger partial charge in [-0.3, -0.25) is 4.79 Å². The molecule has 66 valence electrons. The molecule has 1 saturated heterocycles. The third-order valence-corrected chi connectivity index (χ3v) is 1.86. The minimum absolute atomic E-state index is 0. The zero-order valence-corrected chi connectivity index (χ0v) is 7.96. The molecule has 0 amide bonds. The first-order chi connectivity index (χ1) is 4.60. The van der Waals surface area contributed by atoms with Crippen molar-refractivity contribution in [3.63, 3.8) is 0 Å². The number of carbonyl (C=O) groups excluding carboxylic acids is 1. The quantitative estimate of drug-likeness (QED) is 0.606. The first-order valence-corrected chi connectivity index (χ1v) is 3.83. The van der Waals surface area contributed by atoms with Crippen molar-refractivity contribution < 1.29 is 4.79 Å². The molecule has 3 heteroatoms. The highest BCUT2D eigenvalue weighted by atomic mass is 35.5. The second kappa shape index (κ2) is 4.07. The molecule has 1 aliphatic rings. The molecule has 1 fully saturated rings. The fourth-order valence-corrected chi connectivity index (χ4v) is 1.34. The van der Waals surface area contributed by atoms with E-state index in [-0.39, 0.29) is 17.8 Å². The predicted octanol–water partition coefficient (Wildman–Crippen LogP) is 1.39. The maximum atomic E-state index is 11.1. The lowest BCUT2D eigenvalue weighted by molar-refractivity contribution is -0.120. The Hall–Kier alpha value is -0.0800. The van der Waals surface area contributed by atoms with Gasteiger partial charge in [-0.2, -0.15) is 0 Å². The van der Waals surface area contributed by atoms with E-state index in [9.17, 15) is 4.79 Å². The molecule has 0 aromatic rings. The third-order valence-electron chi connectivity index (χ3n) is 1.86. The number of carbonyl (C=O) groups is 1. The normalized spacial score (nSPS) is 23.6. The lowest BCUT2D eigenvalue weighted by Gasteiger charge is -2.20. The highest BCUT2D eigenvalue weighted by molar-refractivity contribution is 5.85. The van der Waals surface area contributed by atoms with E-state index in [1.165, 1.54) is 0 Å². The van der Waals surface area contributed by atoms with Crippen molar-refractivity contribution in [1.82, 2.24) is 5.32 Å². The summed E-state index contributed by atoms with van der Waals surface area (Å²) in [5, 5.41) is 3.25. The molecule has 0 saturated carbocycles. The summed E-state index contributed by atoms with van der Waals surface area (Å²) in [6.45, 7) is 6.09. The Bertz CT molecular complexity index is 145. The van der Waals surface area contributed by atoms with Gasteiger partial charge < -0.3 is 5.32 Å². The maximum absolute atomic E-state index is 11.1. The highest BCUT2D eigenvalue weighted by Crippen LogP contribution is 2.21. The standard InChI is InChI=1S/C8H15NO.ClH/c1-8(2)5-7(10)3-4-9-6-8;/h9H,3-6H2,1-2H3;1H. The van der Waals surface area contributed by atoms with Gasteiger partial charge in [-0.15, -0.1) is 12.4 Å². The third kappa shape index (κ3) is 3.73. The Morgan fingerprint density at radius 1 is 1.45 bits per heavy atom. The number of nitrogens with one attached hydrogen (secondary N) is 1. The van der Waals surface area contributed by atoms with Crippen LogP contribution in [0.4, 0.5) is 0 Å². The largest absolute Gasteiger partial charge is 0.316 e. The first-order valence-electron chi connectivity index (χ1n) is 3.83. The van der Waals surface area contributed by atoms with Crippen molar-refractivity contribution in [1.29, 1.82) is 0 Å². The van der Waals surface area contributed by atoms with Gasteiger partial charge in [-0.05, 0) is 5.41 Å². The minimum atomic E-state index is 0. The number of ketones is 1. The Labute approximate surface area is 74.2 Å². The van der Waals surface area contributed by atoms with Crippen LogP contribution in [0.5, 0.6) is 0 Å². The van der Waals surface area contributed by atoms with Gasteiger partial charge >= 0.3 is 0 Å². The second-order valence-corrected chi connectivity index (χ2v) is 3.81. The van der Waals surface area contributed by atoms with Crippen LogP contribution in [0.1, 0.15) is 26.7 Å². The monoisotopic (exact) mass is 177 g/mol. The SMILES string of the molecule is CC1(C)CNCCC(=O)C1.Cl. The molecular formula is C8H16ClNO. The number of rotatable bonds is 0. The minimum Gasteiger partial charge on any atom is -0.316 e. The van der Waals surface area contributed by atoms with Gasteiger partial charge in [-0.1, -0.05) is 13.8 Å².